The molecule has 0 spiro atoms. The fraction of sp³-hybridized carbons (Fsp3) is 0.280. The summed E-state index contributed by atoms with van der Waals surface area (Å²) in [5.41, 5.74) is 13.3. The molecule has 1 aliphatic carbocycles. The summed E-state index contributed by atoms with van der Waals surface area (Å²) >= 11 is 0. The first-order chi connectivity index (χ1) is 15.5. The fourth-order valence-corrected chi connectivity index (χ4v) is 3.87. The molecule has 32 heavy (non-hydrogen) atoms. The van der Waals surface area contributed by atoms with Crippen molar-refractivity contribution < 1.29 is 4.74 Å². The smallest absolute Gasteiger partial charge is 0.227 e. The maximum Gasteiger partial charge on any atom is 0.227 e. The number of rotatable bonds is 8. The van der Waals surface area contributed by atoms with Crippen molar-refractivity contribution in [2.75, 3.05) is 57.3 Å². The molecule has 3 aromatic rings. The van der Waals surface area contributed by atoms with Gasteiger partial charge in [-0.1, -0.05) is 30.3 Å². The number of hydrogen-bond acceptors (Lipinski definition) is 7. The molecule has 7 heteroatoms. The second kappa shape index (κ2) is 9.28. The summed E-state index contributed by atoms with van der Waals surface area (Å²) in [6, 6.07) is 14.2. The Labute approximate surface area is 189 Å². The molecule has 3 N–H and O–H groups in total. The van der Waals surface area contributed by atoms with Gasteiger partial charge < -0.3 is 25.6 Å². The largest absolute Gasteiger partial charge is 0.494 e. The van der Waals surface area contributed by atoms with E-state index in [0.29, 0.717) is 17.4 Å². The van der Waals surface area contributed by atoms with Gasteiger partial charge in [0.05, 0.1) is 29.9 Å². The van der Waals surface area contributed by atoms with Gasteiger partial charge in [-0.3, -0.25) is 0 Å². The normalized spacial score (nSPS) is 12.5. The number of hydrogen-bond donors (Lipinski definition) is 2. The summed E-state index contributed by atoms with van der Waals surface area (Å²) in [5, 5.41) is 3.29. The second-order valence-corrected chi connectivity index (χ2v) is 8.21. The number of methoxy groups -OCH3 is 1. The zero-order valence-electron chi connectivity index (χ0n) is 19.1. The maximum atomic E-state index is 6.39. The number of allylic oxidation sites excluding steroid dienone is 1. The Kier molecular flexibility index (Phi) is 6.28. The number of ether oxygens (including phenoxy) is 1. The van der Waals surface area contributed by atoms with E-state index in [9.17, 15) is 0 Å². The molecular weight excluding hydrogens is 400 g/mol. The number of nitrogens with two attached hydrogens (primary N) is 1. The van der Waals surface area contributed by atoms with E-state index in [-0.39, 0.29) is 0 Å². The van der Waals surface area contributed by atoms with Crippen LogP contribution in [-0.2, 0) is 6.42 Å². The van der Waals surface area contributed by atoms with Gasteiger partial charge in [-0.05, 0) is 43.8 Å². The summed E-state index contributed by atoms with van der Waals surface area (Å²) in [5.74, 6) is 1.18. The summed E-state index contributed by atoms with van der Waals surface area (Å²) in [4.78, 5) is 13.4. The Morgan fingerprint density at radius 3 is 2.69 bits per heavy atom. The van der Waals surface area contributed by atoms with Crippen molar-refractivity contribution in [3.63, 3.8) is 0 Å². The van der Waals surface area contributed by atoms with Crippen molar-refractivity contribution in [2.45, 2.75) is 6.42 Å². The van der Waals surface area contributed by atoms with Gasteiger partial charge in [-0.2, -0.15) is 0 Å². The molecule has 0 amide bonds. The highest BCUT2D eigenvalue weighted by Crippen LogP contribution is 2.37. The Hall–Kier alpha value is -3.58. The van der Waals surface area contributed by atoms with E-state index < -0.39 is 0 Å². The van der Waals surface area contributed by atoms with Gasteiger partial charge in [0.15, 0.2) is 0 Å². The van der Waals surface area contributed by atoms with E-state index >= 15 is 0 Å². The van der Waals surface area contributed by atoms with Gasteiger partial charge >= 0.3 is 0 Å². The molecule has 0 saturated carbocycles. The molecule has 1 aromatic heterocycles. The molecule has 0 aliphatic heterocycles. The molecule has 0 fully saturated rings. The average Bonchev–Trinajstić information content (AvgIpc) is 3.22. The number of nitrogens with one attached hydrogen (secondary N) is 1. The van der Waals surface area contributed by atoms with Crippen LogP contribution in [0.15, 0.2) is 54.7 Å². The Balaban J connectivity index is 1.58. The summed E-state index contributed by atoms with van der Waals surface area (Å²) < 4.78 is 5.64. The van der Waals surface area contributed by atoms with Crippen LogP contribution in [-0.4, -0.2) is 56.2 Å². The minimum absolute atomic E-state index is 0.499. The molecule has 0 atom stereocenters. The number of aromatic nitrogens is 2. The number of nitrogen functional groups attached to an aromatic ring is 1. The highest BCUT2D eigenvalue weighted by atomic mass is 16.5. The first-order valence-corrected chi connectivity index (χ1v) is 10.7. The first-order valence-electron chi connectivity index (χ1n) is 10.7. The lowest BCUT2D eigenvalue weighted by Gasteiger charge is -2.24. The van der Waals surface area contributed by atoms with Crippen LogP contribution in [0.1, 0.15) is 16.8 Å². The van der Waals surface area contributed by atoms with E-state index in [1.54, 1.807) is 13.3 Å². The molecule has 1 aliphatic rings. The van der Waals surface area contributed by atoms with Crippen molar-refractivity contribution in [3.05, 3.63) is 71.6 Å². The zero-order valence-corrected chi connectivity index (χ0v) is 19.1. The van der Waals surface area contributed by atoms with Crippen LogP contribution >= 0.6 is 0 Å². The van der Waals surface area contributed by atoms with E-state index in [4.69, 9.17) is 15.5 Å². The molecule has 166 valence electrons. The Morgan fingerprint density at radius 2 is 1.91 bits per heavy atom. The fourth-order valence-electron chi connectivity index (χ4n) is 3.87. The van der Waals surface area contributed by atoms with Crippen LogP contribution in [0.3, 0.4) is 0 Å². The first kappa shape index (κ1) is 21.6. The number of fused-ring (bicyclic) bond motifs is 1. The average molecular weight is 431 g/mol. The minimum Gasteiger partial charge on any atom is -0.494 e. The van der Waals surface area contributed by atoms with Crippen molar-refractivity contribution in [1.82, 2.24) is 14.9 Å². The van der Waals surface area contributed by atoms with Gasteiger partial charge in [0.1, 0.15) is 5.75 Å². The lowest BCUT2D eigenvalue weighted by molar-refractivity contribution is 0.413. The lowest BCUT2D eigenvalue weighted by Crippen LogP contribution is -2.29. The van der Waals surface area contributed by atoms with Crippen molar-refractivity contribution in [3.8, 4) is 5.75 Å². The number of nitrogens with zero attached hydrogens (tertiary/aromatic N) is 4. The van der Waals surface area contributed by atoms with Crippen molar-refractivity contribution in [2.24, 2.45) is 0 Å². The maximum absolute atomic E-state index is 6.39. The van der Waals surface area contributed by atoms with E-state index in [2.05, 4.69) is 64.5 Å². The van der Waals surface area contributed by atoms with Gasteiger partial charge in [-0.15, -0.1) is 0 Å². The van der Waals surface area contributed by atoms with Crippen LogP contribution in [0.4, 0.5) is 23.0 Å². The predicted molar refractivity (Wildman–Crippen MR) is 132 cm³/mol. The molecule has 7 nitrogen and oxygen atoms in total. The molecule has 0 saturated heterocycles. The summed E-state index contributed by atoms with van der Waals surface area (Å²) in [7, 11) is 7.79. The Bertz CT molecular complexity index is 1140. The Morgan fingerprint density at radius 1 is 1.09 bits per heavy atom. The topological polar surface area (TPSA) is 79.5 Å². The van der Waals surface area contributed by atoms with Gasteiger partial charge in [0, 0.05) is 38.0 Å². The molecule has 0 unspecified atom stereocenters. The van der Waals surface area contributed by atoms with Crippen LogP contribution in [0.25, 0.3) is 5.57 Å². The predicted octanol–water partition coefficient (Wildman–Crippen LogP) is 3.80. The third kappa shape index (κ3) is 4.53. The molecule has 2 aromatic carbocycles. The van der Waals surface area contributed by atoms with E-state index in [1.165, 1.54) is 11.1 Å². The van der Waals surface area contributed by atoms with Gasteiger partial charge in [0.25, 0.3) is 0 Å². The molecule has 4 rings (SSSR count). The zero-order chi connectivity index (χ0) is 22.7. The minimum atomic E-state index is 0.499. The molecular formula is C25H30N6O. The highest BCUT2D eigenvalue weighted by Gasteiger charge is 2.17. The SMILES string of the molecule is COc1cc(N(C)CCN(C)C)c(N)cc1Nc1nccc(C2=CCc3ccccc32)n1. The number of benzene rings is 2. The number of anilines is 4. The second-order valence-electron chi connectivity index (χ2n) is 8.21. The van der Waals surface area contributed by atoms with Crippen molar-refractivity contribution >= 4 is 28.6 Å². The highest BCUT2D eigenvalue weighted by molar-refractivity contribution is 5.84. The summed E-state index contributed by atoms with van der Waals surface area (Å²) in [6.45, 7) is 1.78. The van der Waals surface area contributed by atoms with Gasteiger partial charge in [-0.25, -0.2) is 9.97 Å². The van der Waals surface area contributed by atoms with Gasteiger partial charge in [0.2, 0.25) is 5.95 Å². The van der Waals surface area contributed by atoms with Crippen LogP contribution in [0, 0.1) is 0 Å². The van der Waals surface area contributed by atoms with E-state index in [0.717, 1.165) is 42.2 Å². The van der Waals surface area contributed by atoms with Crippen LogP contribution in [0.2, 0.25) is 0 Å². The van der Waals surface area contributed by atoms with E-state index in [1.807, 2.05) is 25.2 Å². The third-order valence-corrected chi connectivity index (χ3v) is 5.65. The van der Waals surface area contributed by atoms with Crippen LogP contribution < -0.4 is 20.7 Å². The molecule has 0 bridgehead atoms. The summed E-state index contributed by atoms with van der Waals surface area (Å²) in [6.07, 6.45) is 4.91. The quantitative estimate of drug-likeness (QED) is 0.526. The number of likely N-dealkylation sites (N-methyl/N-ethyl adjacent to an activating group) is 2. The third-order valence-electron chi connectivity index (χ3n) is 5.65. The lowest BCUT2D eigenvalue weighted by atomic mass is 10.0. The standard InChI is InChI=1S/C25H30N6O/c1-30(2)13-14-31(3)23-16-24(32-4)22(15-20(23)26)29-25-27-12-11-21(28-25)19-10-9-17-7-5-6-8-18(17)19/h5-8,10-12,15-16H,9,13-14,26H2,1-4H3,(H,27,28,29). The van der Waals surface area contributed by atoms with Crippen LogP contribution in [0.5, 0.6) is 5.75 Å². The molecule has 0 radical (unpaired) electrons. The molecule has 1 heterocycles. The monoisotopic (exact) mass is 430 g/mol. The van der Waals surface area contributed by atoms with Crippen molar-refractivity contribution in [1.29, 1.82) is 0 Å².